The lowest BCUT2D eigenvalue weighted by Gasteiger charge is -2.25. The van der Waals surface area contributed by atoms with Crippen LogP contribution in [0, 0.1) is 16.8 Å². The summed E-state index contributed by atoms with van der Waals surface area (Å²) in [5.74, 6) is 0.453. The number of nitrogens with zero attached hydrogens (tertiary/aromatic N) is 5. The van der Waals surface area contributed by atoms with Gasteiger partial charge in [0.25, 0.3) is 5.39 Å². The largest absolute Gasteiger partial charge is 0.339 e. The van der Waals surface area contributed by atoms with E-state index in [0.29, 0.717) is 23.8 Å². The van der Waals surface area contributed by atoms with E-state index in [4.69, 9.17) is 10.9 Å². The third kappa shape index (κ3) is 4.93. The Labute approximate surface area is 169 Å². The Bertz CT molecular complexity index is 1000. The van der Waals surface area contributed by atoms with Crippen molar-refractivity contribution in [1.29, 1.82) is 10.9 Å². The van der Waals surface area contributed by atoms with Crippen molar-refractivity contribution in [3.8, 4) is 0 Å². The topological polar surface area (TPSA) is 106 Å². The van der Waals surface area contributed by atoms with Gasteiger partial charge < -0.3 is 0 Å². The van der Waals surface area contributed by atoms with Crippen LogP contribution in [0.4, 0.5) is 0 Å². The number of Topliss-reactive ketones (excluding diaryl/α,β-unsaturated/α-hetero) is 1. The third-order valence-corrected chi connectivity index (χ3v) is 5.01. The molecule has 0 radical (unpaired) electrons. The summed E-state index contributed by atoms with van der Waals surface area (Å²) in [5.41, 5.74) is 11.6. The van der Waals surface area contributed by atoms with E-state index >= 15 is 0 Å². The van der Waals surface area contributed by atoms with Gasteiger partial charge in [-0.1, -0.05) is 42.5 Å². The van der Waals surface area contributed by atoms with E-state index in [9.17, 15) is 4.79 Å². The van der Waals surface area contributed by atoms with Gasteiger partial charge in [-0.25, -0.2) is 0 Å². The first kappa shape index (κ1) is 20.0. The number of diazo groups is 1. The van der Waals surface area contributed by atoms with Crippen molar-refractivity contribution in [3.05, 3.63) is 88.1 Å². The van der Waals surface area contributed by atoms with Gasteiger partial charge in [-0.05, 0) is 65.9 Å². The van der Waals surface area contributed by atoms with Gasteiger partial charge in [0.2, 0.25) is 0 Å². The molecule has 0 spiro atoms. The fourth-order valence-corrected chi connectivity index (χ4v) is 3.49. The summed E-state index contributed by atoms with van der Waals surface area (Å²) < 4.78 is 0. The van der Waals surface area contributed by atoms with Crippen molar-refractivity contribution in [1.82, 2.24) is 0 Å². The maximum Gasteiger partial charge on any atom is 0.339 e. The maximum absolute atomic E-state index is 12.7. The van der Waals surface area contributed by atoms with Crippen molar-refractivity contribution in [2.45, 2.75) is 26.2 Å². The summed E-state index contributed by atoms with van der Waals surface area (Å²) >= 11 is 0. The molecule has 0 amide bonds. The number of carbonyl (C=O) groups is 1. The number of allylic oxidation sites excluding steroid dienone is 14. The first-order valence-corrected chi connectivity index (χ1v) is 9.44. The minimum absolute atomic E-state index is 0.140. The molecule has 29 heavy (non-hydrogen) atoms. The van der Waals surface area contributed by atoms with Gasteiger partial charge in [0.1, 0.15) is 0 Å². The molecule has 0 saturated carbocycles. The minimum Gasteiger partial charge on any atom is -0.294 e. The normalized spacial score (nSPS) is 20.7. The van der Waals surface area contributed by atoms with E-state index < -0.39 is 0 Å². The predicted molar refractivity (Wildman–Crippen MR) is 113 cm³/mol. The highest BCUT2D eigenvalue weighted by molar-refractivity contribution is 6.07. The van der Waals surface area contributed by atoms with E-state index in [1.165, 1.54) is 0 Å². The molecule has 0 aromatic heterocycles. The number of nitrogens with one attached hydrogen (secondary N) is 1. The molecule has 0 heterocycles. The summed E-state index contributed by atoms with van der Waals surface area (Å²) in [6, 6.07) is 0. The SMILES string of the molecule is CCC1CCC(=O)C(C=C2C=CC(=NN=N)C=C2)=C1C=C1C=CC(=N[N+]#N)C=C1. The van der Waals surface area contributed by atoms with E-state index in [1.54, 1.807) is 24.3 Å². The van der Waals surface area contributed by atoms with Crippen LogP contribution < -0.4 is 0 Å². The molecule has 3 aliphatic carbocycles. The van der Waals surface area contributed by atoms with E-state index in [2.05, 4.69) is 33.5 Å². The van der Waals surface area contributed by atoms with Crippen LogP contribution in [0.3, 0.4) is 0 Å². The zero-order valence-electron chi connectivity index (χ0n) is 16.1. The maximum atomic E-state index is 12.7. The molecule has 7 heteroatoms. The van der Waals surface area contributed by atoms with E-state index in [0.717, 1.165) is 35.1 Å². The number of hydrogen-bond donors (Lipinski definition) is 1. The second-order valence-electron chi connectivity index (χ2n) is 6.80. The fourth-order valence-electron chi connectivity index (χ4n) is 3.49. The third-order valence-electron chi connectivity index (χ3n) is 5.01. The molecule has 1 unspecified atom stereocenters. The number of hydrogen-bond acceptors (Lipinski definition) is 5. The van der Waals surface area contributed by atoms with E-state index in [-0.39, 0.29) is 5.78 Å². The van der Waals surface area contributed by atoms with Crippen LogP contribution in [-0.4, -0.2) is 17.2 Å². The Balaban J connectivity index is 2.01. The van der Waals surface area contributed by atoms with Crippen molar-refractivity contribution in [2.24, 2.45) is 21.3 Å². The molecule has 0 fully saturated rings. The second kappa shape index (κ2) is 9.42. The zero-order valence-corrected chi connectivity index (χ0v) is 16.1. The molecule has 3 rings (SSSR count). The van der Waals surface area contributed by atoms with Crippen LogP contribution >= 0.6 is 0 Å². The van der Waals surface area contributed by atoms with Crippen molar-refractivity contribution >= 4 is 17.2 Å². The van der Waals surface area contributed by atoms with Gasteiger partial charge in [0.05, 0.1) is 5.71 Å². The molecule has 144 valence electrons. The lowest BCUT2D eigenvalue weighted by atomic mass is 9.79. The summed E-state index contributed by atoms with van der Waals surface area (Å²) in [6.45, 7) is 2.14. The molecule has 7 nitrogen and oxygen atoms in total. The smallest absolute Gasteiger partial charge is 0.294 e. The van der Waals surface area contributed by atoms with Gasteiger partial charge in [-0.15, -0.1) is 5.10 Å². The summed E-state index contributed by atoms with van der Waals surface area (Å²) in [6.07, 6.45) is 20.9. The second-order valence-corrected chi connectivity index (χ2v) is 6.80. The lowest BCUT2D eigenvalue weighted by Crippen LogP contribution is -2.18. The molecule has 0 aliphatic heterocycles. The van der Waals surface area contributed by atoms with Crippen molar-refractivity contribution in [2.75, 3.05) is 0 Å². The number of ketones is 1. The van der Waals surface area contributed by atoms with Gasteiger partial charge in [-0.2, -0.15) is 5.53 Å². The highest BCUT2D eigenvalue weighted by atomic mass is 16.1. The highest BCUT2D eigenvalue weighted by Gasteiger charge is 2.25. The van der Waals surface area contributed by atoms with Crippen LogP contribution in [0.1, 0.15) is 26.2 Å². The summed E-state index contributed by atoms with van der Waals surface area (Å²) in [5, 5.41) is 21.7. The Morgan fingerprint density at radius 1 is 1.07 bits per heavy atom. The molecule has 1 N–H and O–H groups in total. The van der Waals surface area contributed by atoms with Gasteiger partial charge in [0, 0.05) is 12.0 Å². The number of rotatable bonds is 4. The van der Waals surface area contributed by atoms with Crippen LogP contribution in [0.2, 0.25) is 0 Å². The molecule has 0 saturated heterocycles. The average Bonchev–Trinajstić information content (AvgIpc) is 2.74. The molecule has 0 aromatic carbocycles. The molecular weight excluding hydrogens is 364 g/mol. The fraction of sp³-hybridized carbons (Fsp3) is 0.227. The van der Waals surface area contributed by atoms with Crippen LogP contribution in [0.15, 0.2) is 98.5 Å². The monoisotopic (exact) mass is 385 g/mol. The van der Waals surface area contributed by atoms with Crippen LogP contribution in [0.5, 0.6) is 0 Å². The standard InChI is InChI=1S/C22H21N6O/c1-2-17-7-12-22(29)21(14-16-5-10-19(11-6-16)26-28-24)20(17)13-15-3-8-18(9-4-15)25-27-23/h3-6,8-11,13-14,17,24H,2,7,12H2,1H3/q+1. The van der Waals surface area contributed by atoms with Gasteiger partial charge in [0.15, 0.2) is 16.6 Å². The Morgan fingerprint density at radius 3 is 2.28 bits per heavy atom. The molecular formula is C22H21N6O+. The molecule has 3 aliphatic rings. The Morgan fingerprint density at radius 2 is 1.69 bits per heavy atom. The van der Waals surface area contributed by atoms with Gasteiger partial charge in [-0.3, -0.25) is 4.79 Å². The van der Waals surface area contributed by atoms with Crippen LogP contribution in [-0.2, 0) is 4.79 Å². The summed E-state index contributed by atoms with van der Waals surface area (Å²) in [4.78, 5) is 12.7. The van der Waals surface area contributed by atoms with Crippen molar-refractivity contribution < 1.29 is 4.79 Å². The quantitative estimate of drug-likeness (QED) is 0.399. The van der Waals surface area contributed by atoms with Gasteiger partial charge >= 0.3 is 5.08 Å². The average molecular weight is 385 g/mol. The minimum atomic E-state index is 0.140. The van der Waals surface area contributed by atoms with E-state index in [1.807, 2.05) is 30.4 Å². The Hall–Kier alpha value is -3.79. The molecule has 0 bridgehead atoms. The lowest BCUT2D eigenvalue weighted by molar-refractivity contribution is -0.116. The summed E-state index contributed by atoms with van der Waals surface area (Å²) in [7, 11) is 0. The van der Waals surface area contributed by atoms with Crippen LogP contribution in [0.25, 0.3) is 5.08 Å². The number of carbonyl (C=O) groups excluding carboxylic acids is 1. The molecule has 0 aromatic rings. The van der Waals surface area contributed by atoms with Crippen molar-refractivity contribution in [3.63, 3.8) is 0 Å². The first-order chi connectivity index (χ1) is 14.1. The zero-order chi connectivity index (χ0) is 20.6. The highest BCUT2D eigenvalue weighted by Crippen LogP contribution is 2.34. The molecule has 1 atom stereocenters. The predicted octanol–water partition coefficient (Wildman–Crippen LogP) is 5.37. The Kier molecular flexibility index (Phi) is 6.48. The first-order valence-electron chi connectivity index (χ1n) is 9.44.